The Morgan fingerprint density at radius 1 is 1.23 bits per heavy atom. The minimum absolute atomic E-state index is 0.278. The van der Waals surface area contributed by atoms with Crippen LogP contribution in [0.5, 0.6) is 0 Å². The molecule has 4 heterocycles. The lowest BCUT2D eigenvalue weighted by molar-refractivity contribution is -0.553. The second kappa shape index (κ2) is 7.95. The fourth-order valence-corrected chi connectivity index (χ4v) is 3.77. The van der Waals surface area contributed by atoms with E-state index in [2.05, 4.69) is 26.9 Å². The molecule has 0 saturated carbocycles. The average molecular weight is 422 g/mol. The van der Waals surface area contributed by atoms with Gasteiger partial charge >= 0.3 is 6.09 Å². The first-order valence-corrected chi connectivity index (χ1v) is 10.3. The standard InChI is InChI=1S/C22H26N6O3/c1-5-6-9-27-18(25-10-12-26(13-11-25)21(29)31-22(2,3)4)15-17-14-16-7-8-23-24-19(16)28(30)20(17)27/h7-8,14-15H,9-13H2,1-4H3. The Balaban J connectivity index is 1.67. The number of nitrogens with zero attached hydrogens (tertiary/aromatic N) is 6. The van der Waals surface area contributed by atoms with E-state index in [0.717, 1.165) is 21.3 Å². The predicted octanol–water partition coefficient (Wildman–Crippen LogP) is 2.30. The number of pyridine rings is 1. The van der Waals surface area contributed by atoms with E-state index in [0.29, 0.717) is 38.4 Å². The largest absolute Gasteiger partial charge is 0.740 e. The molecule has 162 valence electrons. The molecule has 3 aromatic heterocycles. The van der Waals surface area contributed by atoms with Crippen LogP contribution in [0.4, 0.5) is 10.6 Å². The van der Waals surface area contributed by atoms with Crippen LogP contribution in [0.3, 0.4) is 0 Å². The zero-order valence-corrected chi connectivity index (χ0v) is 18.3. The number of carbonyl (C=O) groups is 1. The van der Waals surface area contributed by atoms with E-state index < -0.39 is 5.60 Å². The van der Waals surface area contributed by atoms with Gasteiger partial charge < -0.3 is 19.7 Å². The number of piperazine rings is 1. The van der Waals surface area contributed by atoms with Gasteiger partial charge in [-0.05, 0) is 39.8 Å². The third-order valence-corrected chi connectivity index (χ3v) is 5.17. The van der Waals surface area contributed by atoms with Crippen LogP contribution in [0, 0.1) is 17.0 Å². The molecule has 9 nitrogen and oxygen atoms in total. The van der Waals surface area contributed by atoms with E-state index in [9.17, 15) is 10.0 Å². The zero-order valence-electron chi connectivity index (χ0n) is 18.3. The van der Waals surface area contributed by atoms with Gasteiger partial charge in [0.05, 0.1) is 17.0 Å². The van der Waals surface area contributed by atoms with Crippen LogP contribution < -0.4 is 9.63 Å². The highest BCUT2D eigenvalue weighted by molar-refractivity contribution is 5.89. The summed E-state index contributed by atoms with van der Waals surface area (Å²) in [7, 11) is 0. The molecule has 1 fully saturated rings. The maximum absolute atomic E-state index is 13.1. The Hall–Kier alpha value is -3.54. The van der Waals surface area contributed by atoms with Gasteiger partial charge in [-0.1, -0.05) is 11.0 Å². The summed E-state index contributed by atoms with van der Waals surface area (Å²) in [5.74, 6) is 6.86. The molecule has 3 aromatic rings. The van der Waals surface area contributed by atoms with Crippen molar-refractivity contribution < 1.29 is 14.3 Å². The van der Waals surface area contributed by atoms with Crippen molar-refractivity contribution in [3.63, 3.8) is 0 Å². The normalized spacial score (nSPS) is 14.6. The van der Waals surface area contributed by atoms with Crippen molar-refractivity contribution in [1.29, 1.82) is 0 Å². The molecule has 1 aliphatic heterocycles. The molecule has 31 heavy (non-hydrogen) atoms. The Labute approximate surface area is 180 Å². The minimum Gasteiger partial charge on any atom is -0.740 e. The van der Waals surface area contributed by atoms with Gasteiger partial charge in [-0.3, -0.25) is 0 Å². The summed E-state index contributed by atoms with van der Waals surface area (Å²) >= 11 is 0. The van der Waals surface area contributed by atoms with E-state index in [1.807, 2.05) is 37.5 Å². The van der Waals surface area contributed by atoms with Gasteiger partial charge in [0.25, 0.3) is 5.65 Å². The third-order valence-electron chi connectivity index (χ3n) is 5.17. The Kier molecular flexibility index (Phi) is 5.31. The summed E-state index contributed by atoms with van der Waals surface area (Å²) in [6, 6.07) is 5.73. The molecule has 1 aliphatic rings. The van der Waals surface area contributed by atoms with E-state index in [1.54, 1.807) is 24.1 Å². The topological polar surface area (TPSA) is 90.4 Å². The lowest BCUT2D eigenvalue weighted by Crippen LogP contribution is -2.50. The van der Waals surface area contributed by atoms with Gasteiger partial charge in [0, 0.05) is 37.3 Å². The maximum atomic E-state index is 13.1. The first kappa shape index (κ1) is 20.7. The highest BCUT2D eigenvalue weighted by Gasteiger charge is 2.29. The molecule has 0 N–H and O–H groups in total. The van der Waals surface area contributed by atoms with Crippen molar-refractivity contribution in [3.05, 3.63) is 29.6 Å². The van der Waals surface area contributed by atoms with Crippen LogP contribution in [0.15, 0.2) is 24.4 Å². The van der Waals surface area contributed by atoms with Crippen LogP contribution in [-0.4, -0.2) is 57.5 Å². The van der Waals surface area contributed by atoms with Crippen molar-refractivity contribution in [1.82, 2.24) is 19.7 Å². The van der Waals surface area contributed by atoms with Crippen LogP contribution in [-0.2, 0) is 11.3 Å². The molecule has 1 saturated heterocycles. The Morgan fingerprint density at radius 3 is 2.65 bits per heavy atom. The third kappa shape index (κ3) is 4.06. The van der Waals surface area contributed by atoms with Crippen LogP contribution in [0.1, 0.15) is 27.7 Å². The van der Waals surface area contributed by atoms with Crippen molar-refractivity contribution in [2.24, 2.45) is 0 Å². The second-order valence-electron chi connectivity index (χ2n) is 8.50. The molecule has 0 atom stereocenters. The van der Waals surface area contributed by atoms with Gasteiger partial charge in [0.15, 0.2) is 5.82 Å². The van der Waals surface area contributed by atoms with Gasteiger partial charge in [0.2, 0.25) is 5.65 Å². The highest BCUT2D eigenvalue weighted by Crippen LogP contribution is 2.28. The number of rotatable bonds is 2. The minimum atomic E-state index is -0.522. The molecular formula is C22H26N6O3. The molecule has 0 spiro atoms. The fourth-order valence-electron chi connectivity index (χ4n) is 3.77. The molecular weight excluding hydrogens is 396 g/mol. The summed E-state index contributed by atoms with van der Waals surface area (Å²) in [6.45, 7) is 10.1. The quantitative estimate of drug-likeness (QED) is 0.358. The number of hydrogen-bond acceptors (Lipinski definition) is 6. The Bertz CT molecular complexity index is 1190. The van der Waals surface area contributed by atoms with Crippen LogP contribution in [0.25, 0.3) is 22.1 Å². The van der Waals surface area contributed by atoms with E-state index in [4.69, 9.17) is 4.74 Å². The molecule has 0 aliphatic carbocycles. The summed E-state index contributed by atoms with van der Waals surface area (Å²) in [5.41, 5.74) is 0.256. The van der Waals surface area contributed by atoms with Crippen molar-refractivity contribution in [2.45, 2.75) is 39.8 Å². The number of carbonyl (C=O) groups excluding carboxylic acids is 1. The van der Waals surface area contributed by atoms with Crippen molar-refractivity contribution in [2.75, 3.05) is 31.1 Å². The number of fused-ring (bicyclic) bond motifs is 2. The molecule has 0 bridgehead atoms. The van der Waals surface area contributed by atoms with E-state index in [1.165, 1.54) is 0 Å². The maximum Gasteiger partial charge on any atom is 0.410 e. The Morgan fingerprint density at radius 2 is 1.97 bits per heavy atom. The number of anilines is 1. The first-order chi connectivity index (χ1) is 14.8. The smallest absolute Gasteiger partial charge is 0.410 e. The SMILES string of the molecule is CC#CCn1c(N2CCN(C(=O)OC(C)(C)C)CC2)cc2cc3ccnnc3[n+]([O-])c21. The summed E-state index contributed by atoms with van der Waals surface area (Å²) in [5, 5.41) is 22.5. The lowest BCUT2D eigenvalue weighted by Gasteiger charge is -2.36. The second-order valence-corrected chi connectivity index (χ2v) is 8.50. The number of ether oxygens (including phenoxy) is 1. The van der Waals surface area contributed by atoms with Crippen molar-refractivity contribution in [3.8, 4) is 11.8 Å². The van der Waals surface area contributed by atoms with Gasteiger partial charge in [-0.2, -0.15) is 0 Å². The molecule has 9 heteroatoms. The number of aromatic nitrogens is 4. The summed E-state index contributed by atoms with van der Waals surface area (Å²) < 4.78 is 8.23. The molecule has 0 aromatic carbocycles. The van der Waals surface area contributed by atoms with Gasteiger partial charge in [-0.25, -0.2) is 14.1 Å². The van der Waals surface area contributed by atoms with Crippen LogP contribution in [0.2, 0.25) is 0 Å². The number of hydrogen-bond donors (Lipinski definition) is 0. The predicted molar refractivity (Wildman–Crippen MR) is 117 cm³/mol. The van der Waals surface area contributed by atoms with E-state index >= 15 is 0 Å². The van der Waals surface area contributed by atoms with Crippen LogP contribution >= 0.6 is 0 Å². The van der Waals surface area contributed by atoms with Gasteiger partial charge in [-0.15, -0.1) is 5.92 Å². The first-order valence-electron chi connectivity index (χ1n) is 10.3. The van der Waals surface area contributed by atoms with Crippen molar-refractivity contribution >= 4 is 34.0 Å². The zero-order chi connectivity index (χ0) is 22.2. The molecule has 0 radical (unpaired) electrons. The van der Waals surface area contributed by atoms with E-state index in [-0.39, 0.29) is 11.7 Å². The summed E-state index contributed by atoms with van der Waals surface area (Å²) in [6.07, 6.45) is 1.27. The summed E-state index contributed by atoms with van der Waals surface area (Å²) in [4.78, 5) is 16.3. The molecule has 4 rings (SSSR count). The fraction of sp³-hybridized carbons (Fsp3) is 0.455. The molecule has 0 unspecified atom stereocenters. The highest BCUT2D eigenvalue weighted by atomic mass is 16.6. The monoisotopic (exact) mass is 422 g/mol. The van der Waals surface area contributed by atoms with Gasteiger partial charge in [0.1, 0.15) is 12.1 Å². The lowest BCUT2D eigenvalue weighted by atomic mass is 10.2. The average Bonchev–Trinajstić information content (AvgIpc) is 3.10. The number of amides is 1. The molecule has 1 amide bonds.